The summed E-state index contributed by atoms with van der Waals surface area (Å²) in [7, 11) is 0. The van der Waals surface area contributed by atoms with Crippen molar-refractivity contribution in [2.24, 2.45) is 5.92 Å². The number of carboxylic acid groups (broad SMARTS) is 2. The Morgan fingerprint density at radius 3 is 2.05 bits per heavy atom. The zero-order chi connectivity index (χ0) is 15.3. The van der Waals surface area contributed by atoms with Gasteiger partial charge in [0.2, 0.25) is 0 Å². The fourth-order valence-corrected chi connectivity index (χ4v) is 1.88. The lowest BCUT2D eigenvalue weighted by Gasteiger charge is -2.28. The SMILES string of the molecule is CC(CN(Cc1ccc(C(=O)O)cc1)C(C)C)C(=O)O. The Kier molecular flexibility index (Phi) is 5.70. The molecule has 0 aliphatic carbocycles. The number of rotatable bonds is 7. The van der Waals surface area contributed by atoms with E-state index < -0.39 is 17.9 Å². The number of carbonyl (C=O) groups is 2. The summed E-state index contributed by atoms with van der Waals surface area (Å²) in [6.07, 6.45) is 0. The summed E-state index contributed by atoms with van der Waals surface area (Å²) in [5.41, 5.74) is 1.23. The van der Waals surface area contributed by atoms with Gasteiger partial charge in [0, 0.05) is 19.1 Å². The van der Waals surface area contributed by atoms with Crippen molar-refractivity contribution in [2.75, 3.05) is 6.54 Å². The molecule has 20 heavy (non-hydrogen) atoms. The van der Waals surface area contributed by atoms with Crippen LogP contribution in [0.15, 0.2) is 24.3 Å². The van der Waals surface area contributed by atoms with E-state index in [2.05, 4.69) is 4.90 Å². The van der Waals surface area contributed by atoms with Crippen molar-refractivity contribution >= 4 is 11.9 Å². The lowest BCUT2D eigenvalue weighted by atomic mass is 10.1. The molecule has 1 rings (SSSR count). The van der Waals surface area contributed by atoms with Gasteiger partial charge in [-0.05, 0) is 31.5 Å². The first-order valence-corrected chi connectivity index (χ1v) is 6.60. The van der Waals surface area contributed by atoms with Gasteiger partial charge in [-0.1, -0.05) is 19.1 Å². The van der Waals surface area contributed by atoms with E-state index in [1.807, 2.05) is 13.8 Å². The number of hydrogen-bond donors (Lipinski definition) is 2. The molecule has 0 radical (unpaired) electrons. The topological polar surface area (TPSA) is 77.8 Å². The molecule has 2 N–H and O–H groups in total. The first-order valence-electron chi connectivity index (χ1n) is 6.60. The van der Waals surface area contributed by atoms with E-state index in [0.717, 1.165) is 5.56 Å². The predicted molar refractivity (Wildman–Crippen MR) is 75.7 cm³/mol. The van der Waals surface area contributed by atoms with Crippen LogP contribution in [-0.4, -0.2) is 39.6 Å². The molecule has 1 aromatic carbocycles. The van der Waals surface area contributed by atoms with E-state index in [9.17, 15) is 9.59 Å². The molecule has 0 heterocycles. The van der Waals surface area contributed by atoms with Crippen molar-refractivity contribution in [1.29, 1.82) is 0 Å². The van der Waals surface area contributed by atoms with Crippen molar-refractivity contribution < 1.29 is 19.8 Å². The van der Waals surface area contributed by atoms with Crippen LogP contribution in [0.1, 0.15) is 36.7 Å². The molecule has 1 atom stereocenters. The van der Waals surface area contributed by atoms with Crippen LogP contribution in [0.3, 0.4) is 0 Å². The summed E-state index contributed by atoms with van der Waals surface area (Å²) >= 11 is 0. The van der Waals surface area contributed by atoms with Crippen molar-refractivity contribution in [3.05, 3.63) is 35.4 Å². The highest BCUT2D eigenvalue weighted by Crippen LogP contribution is 2.12. The Hall–Kier alpha value is -1.88. The van der Waals surface area contributed by atoms with Gasteiger partial charge in [0.25, 0.3) is 0 Å². The number of nitrogens with zero attached hydrogens (tertiary/aromatic N) is 1. The number of hydrogen-bond acceptors (Lipinski definition) is 3. The molecule has 5 nitrogen and oxygen atoms in total. The first kappa shape index (κ1) is 16.2. The molecule has 1 aromatic rings. The van der Waals surface area contributed by atoms with Gasteiger partial charge in [0.1, 0.15) is 0 Å². The van der Waals surface area contributed by atoms with Crippen LogP contribution >= 0.6 is 0 Å². The third kappa shape index (κ3) is 4.66. The van der Waals surface area contributed by atoms with Gasteiger partial charge in [-0.25, -0.2) is 4.79 Å². The largest absolute Gasteiger partial charge is 0.481 e. The van der Waals surface area contributed by atoms with Crippen LogP contribution in [0.2, 0.25) is 0 Å². The first-order chi connectivity index (χ1) is 9.31. The zero-order valence-electron chi connectivity index (χ0n) is 12.0. The molecule has 5 heteroatoms. The highest BCUT2D eigenvalue weighted by molar-refractivity contribution is 5.87. The fraction of sp³-hybridized carbons (Fsp3) is 0.467. The summed E-state index contributed by atoms with van der Waals surface area (Å²) in [5, 5.41) is 17.8. The zero-order valence-corrected chi connectivity index (χ0v) is 12.0. The maximum atomic E-state index is 10.9. The standard InChI is InChI=1S/C15H21NO4/c1-10(2)16(8-11(3)14(17)18)9-12-4-6-13(7-5-12)15(19)20/h4-7,10-11H,8-9H2,1-3H3,(H,17,18)(H,19,20). The van der Waals surface area contributed by atoms with Crippen LogP contribution < -0.4 is 0 Å². The monoisotopic (exact) mass is 279 g/mol. The van der Waals surface area contributed by atoms with Crippen molar-refractivity contribution in [2.45, 2.75) is 33.4 Å². The van der Waals surface area contributed by atoms with Crippen LogP contribution in [-0.2, 0) is 11.3 Å². The second-order valence-electron chi connectivity index (χ2n) is 5.26. The van der Waals surface area contributed by atoms with Gasteiger partial charge in [-0.15, -0.1) is 0 Å². The summed E-state index contributed by atoms with van der Waals surface area (Å²) in [6, 6.07) is 6.89. The summed E-state index contributed by atoms with van der Waals surface area (Å²) < 4.78 is 0. The third-order valence-corrected chi connectivity index (χ3v) is 3.25. The Balaban J connectivity index is 2.75. The molecule has 0 bridgehead atoms. The summed E-state index contributed by atoms with van der Waals surface area (Å²) in [6.45, 7) is 6.79. The molecule has 0 fully saturated rings. The van der Waals surface area contributed by atoms with Crippen molar-refractivity contribution in [3.8, 4) is 0 Å². The van der Waals surface area contributed by atoms with Gasteiger partial charge in [-0.3, -0.25) is 9.69 Å². The fourth-order valence-electron chi connectivity index (χ4n) is 1.88. The smallest absolute Gasteiger partial charge is 0.335 e. The maximum absolute atomic E-state index is 10.9. The van der Waals surface area contributed by atoms with Crippen LogP contribution in [0.5, 0.6) is 0 Å². The normalized spacial score (nSPS) is 12.7. The Bertz CT molecular complexity index is 467. The molecule has 110 valence electrons. The van der Waals surface area contributed by atoms with Crippen molar-refractivity contribution in [1.82, 2.24) is 4.90 Å². The minimum Gasteiger partial charge on any atom is -0.481 e. The van der Waals surface area contributed by atoms with E-state index in [-0.39, 0.29) is 11.6 Å². The molecule has 0 amide bonds. The van der Waals surface area contributed by atoms with Gasteiger partial charge < -0.3 is 10.2 Å². The van der Waals surface area contributed by atoms with Crippen LogP contribution in [0.4, 0.5) is 0 Å². The lowest BCUT2D eigenvalue weighted by molar-refractivity contribution is -0.141. The number of aromatic carboxylic acids is 1. The minimum absolute atomic E-state index is 0.218. The van der Waals surface area contributed by atoms with Gasteiger partial charge in [0.15, 0.2) is 0 Å². The molecule has 1 unspecified atom stereocenters. The average molecular weight is 279 g/mol. The maximum Gasteiger partial charge on any atom is 0.335 e. The number of aliphatic carboxylic acids is 1. The van der Waals surface area contributed by atoms with Crippen LogP contribution in [0, 0.1) is 5.92 Å². The van der Waals surface area contributed by atoms with E-state index >= 15 is 0 Å². The third-order valence-electron chi connectivity index (χ3n) is 3.25. The molecule has 0 aliphatic heterocycles. The quantitative estimate of drug-likeness (QED) is 0.801. The second kappa shape index (κ2) is 7.05. The molecule has 0 aromatic heterocycles. The lowest BCUT2D eigenvalue weighted by Crippen LogP contribution is -2.36. The second-order valence-corrected chi connectivity index (χ2v) is 5.26. The van der Waals surface area contributed by atoms with E-state index in [1.165, 1.54) is 0 Å². The van der Waals surface area contributed by atoms with Crippen molar-refractivity contribution in [3.63, 3.8) is 0 Å². The molecular formula is C15H21NO4. The predicted octanol–water partition coefficient (Wildman–Crippen LogP) is 2.32. The van der Waals surface area contributed by atoms with E-state index in [0.29, 0.717) is 13.1 Å². The molecule has 0 aliphatic rings. The molecule has 0 saturated heterocycles. The number of carboxylic acids is 2. The van der Waals surface area contributed by atoms with E-state index in [1.54, 1.807) is 31.2 Å². The summed E-state index contributed by atoms with van der Waals surface area (Å²) in [4.78, 5) is 23.8. The summed E-state index contributed by atoms with van der Waals surface area (Å²) in [5.74, 6) is -2.19. The molecule has 0 saturated carbocycles. The van der Waals surface area contributed by atoms with Gasteiger partial charge in [0.05, 0.1) is 11.5 Å². The van der Waals surface area contributed by atoms with Gasteiger partial charge >= 0.3 is 11.9 Å². The molecular weight excluding hydrogens is 258 g/mol. The molecule has 0 spiro atoms. The number of benzene rings is 1. The minimum atomic E-state index is -0.947. The van der Waals surface area contributed by atoms with Crippen LogP contribution in [0.25, 0.3) is 0 Å². The van der Waals surface area contributed by atoms with E-state index in [4.69, 9.17) is 10.2 Å². The highest BCUT2D eigenvalue weighted by Gasteiger charge is 2.18. The Labute approximate surface area is 118 Å². The Morgan fingerprint density at radius 1 is 1.10 bits per heavy atom. The average Bonchev–Trinajstić information content (AvgIpc) is 2.38. The Morgan fingerprint density at radius 2 is 1.65 bits per heavy atom. The van der Waals surface area contributed by atoms with Gasteiger partial charge in [-0.2, -0.15) is 0 Å². The highest BCUT2D eigenvalue weighted by atomic mass is 16.4.